The van der Waals surface area contributed by atoms with Gasteiger partial charge in [0.25, 0.3) is 0 Å². The summed E-state index contributed by atoms with van der Waals surface area (Å²) in [6.07, 6.45) is 8.07. The molecular weight excluding hydrogens is 627 g/mol. The largest absolute Gasteiger partial charge is 0.496 e. The molecule has 3 heterocycles. The molecule has 2 saturated carbocycles. The molecule has 0 radical (unpaired) electrons. The van der Waals surface area contributed by atoms with Crippen molar-refractivity contribution in [2.45, 2.75) is 87.7 Å². The van der Waals surface area contributed by atoms with E-state index < -0.39 is 54.9 Å². The Morgan fingerprint density at radius 1 is 1.21 bits per heavy atom. The zero-order valence-electron chi connectivity index (χ0n) is 26.6. The summed E-state index contributed by atoms with van der Waals surface area (Å²) >= 11 is 0. The van der Waals surface area contributed by atoms with E-state index >= 15 is 0 Å². The van der Waals surface area contributed by atoms with Crippen molar-refractivity contribution in [2.24, 2.45) is 11.8 Å². The number of hydrogen-bond donors (Lipinski definition) is 4. The van der Waals surface area contributed by atoms with Gasteiger partial charge in [0, 0.05) is 23.9 Å². The maximum absolute atomic E-state index is 14.4. The van der Waals surface area contributed by atoms with Gasteiger partial charge in [0.05, 0.1) is 20.3 Å². The molecule has 3 amide bonds. The van der Waals surface area contributed by atoms with Gasteiger partial charge in [-0.25, -0.2) is 9.78 Å². The summed E-state index contributed by atoms with van der Waals surface area (Å²) in [4.78, 5) is 67.5. The molecule has 2 aliphatic carbocycles. The predicted molar refractivity (Wildman–Crippen MR) is 172 cm³/mol. The molecule has 13 nitrogen and oxygen atoms in total. The first kappa shape index (κ1) is 33.2. The number of hydrogen-bond acceptors (Lipinski definition) is 8. The van der Waals surface area contributed by atoms with Gasteiger partial charge in [-0.05, 0) is 80.0 Å². The van der Waals surface area contributed by atoms with Crippen molar-refractivity contribution >= 4 is 36.3 Å². The van der Waals surface area contributed by atoms with Crippen LogP contribution in [0.15, 0.2) is 37.1 Å². The van der Waals surface area contributed by atoms with E-state index in [1.54, 1.807) is 13.3 Å². The molecule has 4 N–H and O–H groups in total. The van der Waals surface area contributed by atoms with Gasteiger partial charge in [-0.3, -0.25) is 14.2 Å². The second-order valence-electron chi connectivity index (χ2n) is 13.1. The normalized spacial score (nSPS) is 29.0. The Morgan fingerprint density at radius 2 is 2.00 bits per heavy atom. The number of carbonyl (C=O) groups is 3. The minimum atomic E-state index is -4.77. The molecule has 5 atom stereocenters. The predicted octanol–water partition coefficient (Wildman–Crippen LogP) is 3.80. The van der Waals surface area contributed by atoms with Gasteiger partial charge in [0.2, 0.25) is 17.7 Å². The number of pyridine rings is 1. The smallest absolute Gasteiger partial charge is 0.407 e. The topological polar surface area (TPSA) is 177 Å². The fourth-order valence-electron chi connectivity index (χ4n) is 7.41. The van der Waals surface area contributed by atoms with Crippen LogP contribution >= 0.6 is 7.60 Å². The van der Waals surface area contributed by atoms with Crippen molar-refractivity contribution in [3.05, 3.63) is 42.6 Å². The molecule has 47 heavy (non-hydrogen) atoms. The molecule has 2 aliphatic heterocycles. The van der Waals surface area contributed by atoms with Crippen molar-refractivity contribution in [1.82, 2.24) is 20.5 Å². The summed E-state index contributed by atoms with van der Waals surface area (Å²) in [6, 6.07) is 3.75. The van der Waals surface area contributed by atoms with Crippen molar-refractivity contribution in [1.29, 1.82) is 0 Å². The van der Waals surface area contributed by atoms with Crippen molar-refractivity contribution in [3.8, 4) is 11.6 Å². The molecule has 2 aromatic rings. The van der Waals surface area contributed by atoms with Crippen molar-refractivity contribution in [2.75, 3.05) is 20.3 Å². The maximum atomic E-state index is 14.4. The van der Waals surface area contributed by atoms with Crippen LogP contribution in [-0.4, -0.2) is 81.3 Å². The van der Waals surface area contributed by atoms with Crippen LogP contribution in [0, 0.1) is 11.8 Å². The highest BCUT2D eigenvalue weighted by molar-refractivity contribution is 7.54. The van der Waals surface area contributed by atoms with E-state index in [0.717, 1.165) is 67.0 Å². The van der Waals surface area contributed by atoms with E-state index in [0.29, 0.717) is 12.3 Å². The quantitative estimate of drug-likeness (QED) is 0.261. The standard InChI is InChI=1S/C33H43N4O9P/c1-3-23-18-33(23,47(41,42)43)36-29(38)26-17-24-19-37(26)31(39)28(20-9-6-7-10-20)35-32(40)45-14-8-4-5-11-22-15-25-21(16-27(22)44-2)12-13-34-30(25)46-24/h3,12-13,15-16,20,23-24,26,28H,1,4-11,14,17-19H2,2H3,(H,35,40)(H,36,38)(H2,41,42,43)/t23?,24-,26+,28+,33?/m1/s1. The van der Waals surface area contributed by atoms with Crippen molar-refractivity contribution in [3.63, 3.8) is 0 Å². The first-order chi connectivity index (χ1) is 22.5. The maximum Gasteiger partial charge on any atom is 0.407 e. The highest BCUT2D eigenvalue weighted by atomic mass is 31.2. The number of carbonyl (C=O) groups excluding carboxylic acids is 3. The fourth-order valence-corrected chi connectivity index (χ4v) is 8.64. The number of fused-ring (bicyclic) bond motifs is 3. The Labute approximate surface area is 273 Å². The third-order valence-electron chi connectivity index (χ3n) is 10.1. The minimum absolute atomic E-state index is 0.00570. The second kappa shape index (κ2) is 13.4. The Bertz CT molecular complexity index is 1590. The lowest BCUT2D eigenvalue weighted by molar-refractivity contribution is -0.141. The Kier molecular flexibility index (Phi) is 9.51. The van der Waals surface area contributed by atoms with Crippen LogP contribution in [0.25, 0.3) is 10.8 Å². The summed E-state index contributed by atoms with van der Waals surface area (Å²) in [6.45, 7) is 3.86. The third kappa shape index (κ3) is 6.71. The van der Waals surface area contributed by atoms with Crippen LogP contribution in [-0.2, 0) is 25.3 Å². The number of aromatic nitrogens is 1. The van der Waals surface area contributed by atoms with Gasteiger partial charge >= 0.3 is 13.7 Å². The number of nitrogens with one attached hydrogen (secondary N) is 2. The van der Waals surface area contributed by atoms with E-state index in [2.05, 4.69) is 22.2 Å². The summed E-state index contributed by atoms with van der Waals surface area (Å²) < 4.78 is 30.1. The van der Waals surface area contributed by atoms with Crippen LogP contribution in [0.1, 0.15) is 63.4 Å². The molecular formula is C33H43N4O9P. The number of amides is 3. The Balaban J connectivity index is 1.36. The van der Waals surface area contributed by atoms with Crippen LogP contribution < -0.4 is 20.1 Å². The first-order valence-corrected chi connectivity index (χ1v) is 18.0. The summed E-state index contributed by atoms with van der Waals surface area (Å²) in [7, 11) is -3.15. The molecule has 1 aromatic heterocycles. The van der Waals surface area contributed by atoms with Gasteiger partial charge in [0.1, 0.15) is 29.2 Å². The molecule has 4 aliphatic rings. The number of aryl methyl sites for hydroxylation is 1. The van der Waals surface area contributed by atoms with Crippen LogP contribution in [0.4, 0.5) is 4.79 Å². The van der Waals surface area contributed by atoms with Gasteiger partial charge in [-0.1, -0.05) is 18.9 Å². The molecule has 2 unspecified atom stereocenters. The number of benzene rings is 1. The molecule has 0 spiro atoms. The average molecular weight is 671 g/mol. The van der Waals surface area contributed by atoms with Crippen LogP contribution in [0.3, 0.4) is 0 Å². The number of ether oxygens (including phenoxy) is 3. The second-order valence-corrected chi connectivity index (χ2v) is 15.0. The molecule has 3 fully saturated rings. The average Bonchev–Trinajstić information content (AvgIpc) is 3.34. The van der Waals surface area contributed by atoms with Crippen molar-refractivity contribution < 1.29 is 42.9 Å². The highest BCUT2D eigenvalue weighted by Crippen LogP contribution is 2.67. The number of rotatable bonds is 6. The number of nitrogens with zero attached hydrogens (tertiary/aromatic N) is 2. The van der Waals surface area contributed by atoms with E-state index in [4.69, 9.17) is 14.2 Å². The van der Waals surface area contributed by atoms with E-state index in [1.807, 2.05) is 18.2 Å². The first-order valence-electron chi connectivity index (χ1n) is 16.4. The number of methoxy groups -OCH3 is 1. The fraction of sp³-hybridized carbons (Fsp3) is 0.576. The molecule has 4 bridgehead atoms. The molecule has 254 valence electrons. The van der Waals surface area contributed by atoms with Gasteiger partial charge in [0.15, 0.2) is 0 Å². The number of alkyl carbamates (subject to hydrolysis) is 1. The van der Waals surface area contributed by atoms with E-state index in [9.17, 15) is 28.7 Å². The molecule has 14 heteroatoms. The van der Waals surface area contributed by atoms with Gasteiger partial charge in [-0.2, -0.15) is 0 Å². The Hall–Kier alpha value is -3.67. The summed E-state index contributed by atoms with van der Waals surface area (Å²) in [5.74, 6) is -0.827. The zero-order valence-corrected chi connectivity index (χ0v) is 27.5. The van der Waals surface area contributed by atoms with Crippen LogP contribution in [0.2, 0.25) is 0 Å². The molecule has 6 rings (SSSR count). The lowest BCUT2D eigenvalue weighted by Gasteiger charge is -2.32. The monoisotopic (exact) mass is 670 g/mol. The lowest BCUT2D eigenvalue weighted by atomic mass is 9.96. The molecule has 1 aromatic carbocycles. The molecule has 1 saturated heterocycles. The lowest BCUT2D eigenvalue weighted by Crippen LogP contribution is -2.57. The summed E-state index contributed by atoms with van der Waals surface area (Å²) in [5, 5.41) is 5.25. The Morgan fingerprint density at radius 3 is 2.70 bits per heavy atom. The third-order valence-corrected chi connectivity index (χ3v) is 11.8. The number of cyclic esters (lactones) is 1. The zero-order chi connectivity index (χ0) is 33.3. The van der Waals surface area contributed by atoms with E-state index in [-0.39, 0.29) is 31.9 Å². The SMILES string of the molecule is C=CC1CC1(NC(=O)[C@@H]1C[C@@H]2CN1C(=O)[C@H](C1CCCC1)NC(=O)OCCCCCc1cc3c(nccc3cc1OC)O2)P(=O)(O)O. The van der Waals surface area contributed by atoms with E-state index in [1.165, 1.54) is 11.0 Å². The van der Waals surface area contributed by atoms with Gasteiger partial charge < -0.3 is 39.5 Å². The summed E-state index contributed by atoms with van der Waals surface area (Å²) in [5.41, 5.74) is 0.974. The minimum Gasteiger partial charge on any atom is -0.496 e. The van der Waals surface area contributed by atoms with Crippen LogP contribution in [0.5, 0.6) is 11.6 Å². The highest BCUT2D eigenvalue weighted by Gasteiger charge is 2.66. The van der Waals surface area contributed by atoms with Gasteiger partial charge in [-0.15, -0.1) is 6.58 Å².